The van der Waals surface area contributed by atoms with Crippen LogP contribution in [0.15, 0.2) is 18.2 Å². The molecule has 0 spiro atoms. The van der Waals surface area contributed by atoms with Gasteiger partial charge < -0.3 is 10.0 Å². The lowest BCUT2D eigenvalue weighted by molar-refractivity contribution is -0.0249. The van der Waals surface area contributed by atoms with Crippen LogP contribution in [0.5, 0.6) is 0 Å². The zero-order valence-electron chi connectivity index (χ0n) is 10.5. The number of rotatable bonds is 2. The second-order valence-corrected chi connectivity index (χ2v) is 4.93. The first-order valence-corrected chi connectivity index (χ1v) is 6.26. The maximum Gasteiger partial charge on any atom is 0.126 e. The maximum atomic E-state index is 13.5. The average molecular weight is 237 g/mol. The van der Waals surface area contributed by atoms with Crippen LogP contribution in [-0.4, -0.2) is 29.6 Å². The van der Waals surface area contributed by atoms with Crippen LogP contribution in [0.3, 0.4) is 0 Å². The summed E-state index contributed by atoms with van der Waals surface area (Å²) < 4.78 is 13.5. The van der Waals surface area contributed by atoms with Gasteiger partial charge in [0, 0.05) is 13.1 Å². The van der Waals surface area contributed by atoms with Gasteiger partial charge in [-0.05, 0) is 43.5 Å². The highest BCUT2D eigenvalue weighted by Crippen LogP contribution is 2.33. The molecule has 3 heteroatoms. The molecule has 1 aromatic rings. The molecule has 0 bridgehead atoms. The lowest BCUT2D eigenvalue weighted by Crippen LogP contribution is -2.42. The molecular weight excluding hydrogens is 217 g/mol. The monoisotopic (exact) mass is 237 g/mol. The molecule has 2 nitrogen and oxygen atoms in total. The van der Waals surface area contributed by atoms with Crippen LogP contribution in [0.4, 0.5) is 4.39 Å². The molecule has 0 aromatic heterocycles. The third-order valence-corrected chi connectivity index (χ3v) is 3.84. The standard InChI is InChI=1S/C14H20FNO/c1-3-16-8-6-14(17,7-9-16)12-5-4-11(2)13(15)10-12/h4-5,10,17H,3,6-9H2,1-2H3. The van der Waals surface area contributed by atoms with Crippen molar-refractivity contribution < 1.29 is 9.50 Å². The van der Waals surface area contributed by atoms with Gasteiger partial charge in [-0.3, -0.25) is 0 Å². The van der Waals surface area contributed by atoms with E-state index >= 15 is 0 Å². The van der Waals surface area contributed by atoms with Crippen LogP contribution in [-0.2, 0) is 5.60 Å². The summed E-state index contributed by atoms with van der Waals surface area (Å²) in [5, 5.41) is 10.6. The number of hydrogen-bond acceptors (Lipinski definition) is 2. The highest BCUT2D eigenvalue weighted by Gasteiger charge is 2.33. The predicted molar refractivity (Wildman–Crippen MR) is 66.4 cm³/mol. The summed E-state index contributed by atoms with van der Waals surface area (Å²) in [6.07, 6.45) is 1.37. The van der Waals surface area contributed by atoms with E-state index in [2.05, 4.69) is 11.8 Å². The summed E-state index contributed by atoms with van der Waals surface area (Å²) in [5.74, 6) is -0.228. The Morgan fingerprint density at radius 2 is 2.00 bits per heavy atom. The topological polar surface area (TPSA) is 23.5 Å². The van der Waals surface area contributed by atoms with Gasteiger partial charge in [-0.15, -0.1) is 0 Å². The molecule has 0 radical (unpaired) electrons. The summed E-state index contributed by atoms with van der Waals surface area (Å²) in [4.78, 5) is 2.30. The lowest BCUT2D eigenvalue weighted by Gasteiger charge is -2.38. The van der Waals surface area contributed by atoms with Gasteiger partial charge in [-0.1, -0.05) is 19.1 Å². The van der Waals surface area contributed by atoms with Crippen LogP contribution >= 0.6 is 0 Å². The Morgan fingerprint density at radius 3 is 2.53 bits per heavy atom. The van der Waals surface area contributed by atoms with Crippen LogP contribution in [0.25, 0.3) is 0 Å². The Labute approximate surface area is 102 Å². The molecule has 94 valence electrons. The van der Waals surface area contributed by atoms with Crippen molar-refractivity contribution in [3.63, 3.8) is 0 Å². The smallest absolute Gasteiger partial charge is 0.126 e. The third-order valence-electron chi connectivity index (χ3n) is 3.84. The van der Waals surface area contributed by atoms with E-state index in [4.69, 9.17) is 0 Å². The molecule has 0 saturated carbocycles. The number of hydrogen-bond donors (Lipinski definition) is 1. The van der Waals surface area contributed by atoms with E-state index in [0.29, 0.717) is 18.4 Å². The van der Waals surface area contributed by atoms with Crippen molar-refractivity contribution in [3.8, 4) is 0 Å². The molecule has 0 unspecified atom stereocenters. The molecule has 17 heavy (non-hydrogen) atoms. The Morgan fingerprint density at radius 1 is 1.35 bits per heavy atom. The number of likely N-dealkylation sites (tertiary alicyclic amines) is 1. The van der Waals surface area contributed by atoms with Crippen molar-refractivity contribution in [2.45, 2.75) is 32.3 Å². The molecule has 2 rings (SSSR count). The van der Waals surface area contributed by atoms with E-state index in [9.17, 15) is 9.50 Å². The summed E-state index contributed by atoms with van der Waals surface area (Å²) in [5.41, 5.74) is 0.500. The Hall–Kier alpha value is -0.930. The fraction of sp³-hybridized carbons (Fsp3) is 0.571. The predicted octanol–water partition coefficient (Wildman–Crippen LogP) is 2.44. The van der Waals surface area contributed by atoms with E-state index in [0.717, 1.165) is 25.2 Å². The quantitative estimate of drug-likeness (QED) is 0.854. The second kappa shape index (κ2) is 4.75. The second-order valence-electron chi connectivity index (χ2n) is 4.93. The normalized spacial score (nSPS) is 20.5. The van der Waals surface area contributed by atoms with E-state index in [1.54, 1.807) is 13.0 Å². The van der Waals surface area contributed by atoms with Crippen molar-refractivity contribution >= 4 is 0 Å². The zero-order chi connectivity index (χ0) is 12.5. The molecule has 1 aliphatic heterocycles. The van der Waals surface area contributed by atoms with Gasteiger partial charge in [0.05, 0.1) is 5.60 Å². The molecule has 1 saturated heterocycles. The first-order valence-electron chi connectivity index (χ1n) is 6.26. The highest BCUT2D eigenvalue weighted by molar-refractivity contribution is 5.28. The molecule has 1 fully saturated rings. The van der Waals surface area contributed by atoms with Crippen LogP contribution < -0.4 is 0 Å². The Balaban J connectivity index is 2.18. The number of piperidine rings is 1. The fourth-order valence-corrected chi connectivity index (χ4v) is 2.41. The van der Waals surface area contributed by atoms with Crippen LogP contribution in [0, 0.1) is 12.7 Å². The Kier molecular flexibility index (Phi) is 3.50. The molecule has 0 atom stereocenters. The van der Waals surface area contributed by atoms with E-state index in [1.165, 1.54) is 6.07 Å². The van der Waals surface area contributed by atoms with Crippen molar-refractivity contribution in [1.29, 1.82) is 0 Å². The van der Waals surface area contributed by atoms with Gasteiger partial charge in [0.15, 0.2) is 0 Å². The van der Waals surface area contributed by atoms with Gasteiger partial charge in [-0.2, -0.15) is 0 Å². The van der Waals surface area contributed by atoms with Gasteiger partial charge in [0.1, 0.15) is 5.82 Å². The first kappa shape index (κ1) is 12.5. The van der Waals surface area contributed by atoms with Crippen LogP contribution in [0.1, 0.15) is 30.9 Å². The summed E-state index contributed by atoms with van der Waals surface area (Å²) in [6, 6.07) is 5.08. The molecule has 1 aliphatic rings. The van der Waals surface area contributed by atoms with Crippen LogP contribution in [0.2, 0.25) is 0 Å². The molecular formula is C14H20FNO. The minimum Gasteiger partial charge on any atom is -0.385 e. The first-order chi connectivity index (χ1) is 8.05. The molecule has 1 N–H and O–H groups in total. The molecule has 1 aromatic carbocycles. The highest BCUT2D eigenvalue weighted by atomic mass is 19.1. The van der Waals surface area contributed by atoms with E-state index < -0.39 is 5.60 Å². The number of benzene rings is 1. The molecule has 0 amide bonds. The van der Waals surface area contributed by atoms with Gasteiger partial charge in [-0.25, -0.2) is 4.39 Å². The van der Waals surface area contributed by atoms with Gasteiger partial charge in [0.25, 0.3) is 0 Å². The summed E-state index contributed by atoms with van der Waals surface area (Å²) in [6.45, 7) is 6.63. The van der Waals surface area contributed by atoms with Crippen molar-refractivity contribution in [2.24, 2.45) is 0 Å². The van der Waals surface area contributed by atoms with Crippen molar-refractivity contribution in [3.05, 3.63) is 35.1 Å². The summed E-state index contributed by atoms with van der Waals surface area (Å²) >= 11 is 0. The van der Waals surface area contributed by atoms with Gasteiger partial charge >= 0.3 is 0 Å². The number of nitrogens with zero attached hydrogens (tertiary/aromatic N) is 1. The number of halogens is 1. The third kappa shape index (κ3) is 2.50. The zero-order valence-corrected chi connectivity index (χ0v) is 10.5. The van der Waals surface area contributed by atoms with Crippen molar-refractivity contribution in [1.82, 2.24) is 4.90 Å². The number of aliphatic hydroxyl groups is 1. The number of aryl methyl sites for hydroxylation is 1. The van der Waals surface area contributed by atoms with E-state index in [-0.39, 0.29) is 5.82 Å². The SMILES string of the molecule is CCN1CCC(O)(c2ccc(C)c(F)c2)CC1. The minimum atomic E-state index is -0.847. The maximum absolute atomic E-state index is 13.5. The average Bonchev–Trinajstić information content (AvgIpc) is 2.33. The van der Waals surface area contributed by atoms with Crippen molar-refractivity contribution in [2.75, 3.05) is 19.6 Å². The lowest BCUT2D eigenvalue weighted by atomic mass is 9.84. The molecule has 0 aliphatic carbocycles. The Bertz CT molecular complexity index is 397. The molecule has 1 heterocycles. The largest absolute Gasteiger partial charge is 0.385 e. The fourth-order valence-electron chi connectivity index (χ4n) is 2.41. The van der Waals surface area contributed by atoms with E-state index in [1.807, 2.05) is 6.07 Å². The minimum absolute atomic E-state index is 0.228. The summed E-state index contributed by atoms with van der Waals surface area (Å²) in [7, 11) is 0. The van der Waals surface area contributed by atoms with Gasteiger partial charge in [0.2, 0.25) is 0 Å².